The zero-order valence-corrected chi connectivity index (χ0v) is 13.8. The lowest BCUT2D eigenvalue weighted by Gasteiger charge is -2.37. The highest BCUT2D eigenvalue weighted by molar-refractivity contribution is 5.89. The highest BCUT2D eigenvalue weighted by Crippen LogP contribution is 2.30. The Morgan fingerprint density at radius 1 is 1.26 bits per heavy atom. The SMILES string of the molecule is CCC1c2ccc(C)n2CCN1C(=O)Nc1ccc(C)c(F)c1. The molecule has 0 fully saturated rings. The van der Waals surface area contributed by atoms with E-state index in [9.17, 15) is 9.18 Å². The molecule has 122 valence electrons. The van der Waals surface area contributed by atoms with Crippen LogP contribution in [0.1, 0.15) is 36.3 Å². The lowest BCUT2D eigenvalue weighted by atomic mass is 10.1. The van der Waals surface area contributed by atoms with Crippen LogP contribution in [-0.2, 0) is 6.54 Å². The largest absolute Gasteiger partial charge is 0.345 e. The zero-order chi connectivity index (χ0) is 16.6. The molecule has 23 heavy (non-hydrogen) atoms. The molecule has 1 aliphatic heterocycles. The summed E-state index contributed by atoms with van der Waals surface area (Å²) in [5, 5.41) is 2.82. The third kappa shape index (κ3) is 2.83. The number of halogens is 1. The van der Waals surface area contributed by atoms with Gasteiger partial charge < -0.3 is 14.8 Å². The number of urea groups is 1. The maximum absolute atomic E-state index is 13.6. The van der Waals surface area contributed by atoms with Gasteiger partial charge in [-0.25, -0.2) is 9.18 Å². The van der Waals surface area contributed by atoms with Crippen molar-refractivity contribution in [1.82, 2.24) is 9.47 Å². The van der Waals surface area contributed by atoms with Crippen molar-refractivity contribution < 1.29 is 9.18 Å². The molecule has 2 heterocycles. The molecule has 4 nitrogen and oxygen atoms in total. The van der Waals surface area contributed by atoms with Crippen LogP contribution < -0.4 is 5.32 Å². The molecule has 0 bridgehead atoms. The summed E-state index contributed by atoms with van der Waals surface area (Å²) in [6, 6.07) is 8.83. The van der Waals surface area contributed by atoms with Crippen molar-refractivity contribution in [2.24, 2.45) is 0 Å². The van der Waals surface area contributed by atoms with Gasteiger partial charge in [-0.15, -0.1) is 0 Å². The van der Waals surface area contributed by atoms with Gasteiger partial charge in [-0.3, -0.25) is 0 Å². The van der Waals surface area contributed by atoms with Gasteiger partial charge >= 0.3 is 6.03 Å². The summed E-state index contributed by atoms with van der Waals surface area (Å²) < 4.78 is 15.9. The number of rotatable bonds is 2. The number of fused-ring (bicyclic) bond motifs is 1. The Morgan fingerprint density at radius 3 is 2.74 bits per heavy atom. The molecule has 0 saturated heterocycles. The zero-order valence-electron chi connectivity index (χ0n) is 13.8. The summed E-state index contributed by atoms with van der Waals surface area (Å²) in [7, 11) is 0. The Bertz CT molecular complexity index is 738. The van der Waals surface area contributed by atoms with Crippen molar-refractivity contribution in [2.75, 3.05) is 11.9 Å². The molecule has 1 atom stereocenters. The van der Waals surface area contributed by atoms with Crippen LogP contribution >= 0.6 is 0 Å². The van der Waals surface area contributed by atoms with E-state index in [2.05, 4.69) is 35.9 Å². The number of nitrogens with one attached hydrogen (secondary N) is 1. The van der Waals surface area contributed by atoms with Gasteiger partial charge in [-0.05, 0) is 50.1 Å². The van der Waals surface area contributed by atoms with Crippen molar-refractivity contribution in [3.8, 4) is 0 Å². The van der Waals surface area contributed by atoms with Gasteiger partial charge in [0.1, 0.15) is 5.82 Å². The predicted octanol–water partition coefficient (Wildman–Crippen LogP) is 4.24. The van der Waals surface area contributed by atoms with Gasteiger partial charge in [-0.1, -0.05) is 13.0 Å². The van der Waals surface area contributed by atoms with Crippen molar-refractivity contribution in [3.63, 3.8) is 0 Å². The van der Waals surface area contributed by atoms with E-state index in [0.717, 1.165) is 13.0 Å². The summed E-state index contributed by atoms with van der Waals surface area (Å²) in [6.07, 6.45) is 0.846. The monoisotopic (exact) mass is 315 g/mol. The van der Waals surface area contributed by atoms with Crippen LogP contribution in [0.3, 0.4) is 0 Å². The van der Waals surface area contributed by atoms with E-state index in [-0.39, 0.29) is 17.9 Å². The standard InChI is InChI=1S/C18H22FN3O/c1-4-16-17-8-6-13(3)21(17)9-10-22(16)18(23)20-14-7-5-12(2)15(19)11-14/h5-8,11,16H,4,9-10H2,1-3H3,(H,20,23). The minimum atomic E-state index is -0.307. The van der Waals surface area contributed by atoms with Crippen molar-refractivity contribution >= 4 is 11.7 Å². The van der Waals surface area contributed by atoms with E-state index in [0.29, 0.717) is 17.8 Å². The molecule has 0 spiro atoms. The first-order valence-electron chi connectivity index (χ1n) is 8.01. The molecule has 1 N–H and O–H groups in total. The molecule has 3 rings (SSSR count). The Balaban J connectivity index is 1.80. The van der Waals surface area contributed by atoms with Crippen LogP contribution in [0.15, 0.2) is 30.3 Å². The molecule has 0 saturated carbocycles. The number of amides is 2. The second kappa shape index (κ2) is 6.07. The summed E-state index contributed by atoms with van der Waals surface area (Å²) in [5.74, 6) is -0.307. The Morgan fingerprint density at radius 2 is 2.04 bits per heavy atom. The van der Waals surface area contributed by atoms with Crippen LogP contribution in [0.25, 0.3) is 0 Å². The number of hydrogen-bond donors (Lipinski definition) is 1. The fourth-order valence-electron chi connectivity index (χ4n) is 3.25. The highest BCUT2D eigenvalue weighted by atomic mass is 19.1. The number of carbonyl (C=O) groups excluding carboxylic acids is 1. The van der Waals surface area contributed by atoms with Crippen LogP contribution in [0.4, 0.5) is 14.9 Å². The predicted molar refractivity (Wildman–Crippen MR) is 89.1 cm³/mol. The Labute approximate surface area is 135 Å². The second-order valence-corrected chi connectivity index (χ2v) is 6.06. The van der Waals surface area contributed by atoms with Crippen LogP contribution in [-0.4, -0.2) is 22.0 Å². The number of benzene rings is 1. The fraction of sp³-hybridized carbons (Fsp3) is 0.389. The second-order valence-electron chi connectivity index (χ2n) is 6.06. The van der Waals surface area contributed by atoms with E-state index in [1.54, 1.807) is 19.1 Å². The van der Waals surface area contributed by atoms with Crippen LogP contribution in [0.5, 0.6) is 0 Å². The number of nitrogens with zero attached hydrogens (tertiary/aromatic N) is 2. The molecule has 1 aliphatic rings. The van der Waals surface area contributed by atoms with E-state index in [1.807, 2.05) is 4.90 Å². The molecule has 2 amide bonds. The number of carbonyl (C=O) groups is 1. The number of aromatic nitrogens is 1. The maximum atomic E-state index is 13.6. The summed E-state index contributed by atoms with van der Waals surface area (Å²) >= 11 is 0. The molecular weight excluding hydrogens is 293 g/mol. The van der Waals surface area contributed by atoms with Gasteiger partial charge in [0.15, 0.2) is 0 Å². The van der Waals surface area contributed by atoms with Gasteiger partial charge in [0.05, 0.1) is 6.04 Å². The maximum Gasteiger partial charge on any atom is 0.322 e. The van der Waals surface area contributed by atoms with Crippen molar-refractivity contribution in [3.05, 3.63) is 53.1 Å². The van der Waals surface area contributed by atoms with E-state index < -0.39 is 0 Å². The van der Waals surface area contributed by atoms with Gasteiger partial charge in [-0.2, -0.15) is 0 Å². The molecule has 0 radical (unpaired) electrons. The summed E-state index contributed by atoms with van der Waals surface area (Å²) in [6.45, 7) is 7.31. The molecule has 5 heteroatoms. The average Bonchev–Trinajstić information content (AvgIpc) is 2.91. The van der Waals surface area contributed by atoms with Gasteiger partial charge in [0.25, 0.3) is 0 Å². The molecular formula is C18H22FN3O. The Kier molecular flexibility index (Phi) is 4.11. The van der Waals surface area contributed by atoms with Crippen molar-refractivity contribution in [2.45, 2.75) is 39.8 Å². The molecule has 1 aromatic heterocycles. The molecule has 0 aliphatic carbocycles. The van der Waals surface area contributed by atoms with E-state index in [4.69, 9.17) is 0 Å². The topological polar surface area (TPSA) is 37.3 Å². The first-order valence-corrected chi connectivity index (χ1v) is 8.01. The van der Waals surface area contributed by atoms with E-state index in [1.165, 1.54) is 17.5 Å². The minimum absolute atomic E-state index is 0.0488. The number of anilines is 1. The van der Waals surface area contributed by atoms with Gasteiger partial charge in [0.2, 0.25) is 0 Å². The van der Waals surface area contributed by atoms with E-state index >= 15 is 0 Å². The highest BCUT2D eigenvalue weighted by Gasteiger charge is 2.30. The summed E-state index contributed by atoms with van der Waals surface area (Å²) in [5.41, 5.74) is 3.45. The quantitative estimate of drug-likeness (QED) is 0.884. The summed E-state index contributed by atoms with van der Waals surface area (Å²) in [4.78, 5) is 14.5. The Hall–Kier alpha value is -2.30. The fourth-order valence-corrected chi connectivity index (χ4v) is 3.25. The molecule has 1 aromatic carbocycles. The van der Waals surface area contributed by atoms with Crippen molar-refractivity contribution in [1.29, 1.82) is 0 Å². The normalized spacial score (nSPS) is 17.0. The first kappa shape index (κ1) is 15.6. The third-order valence-corrected chi connectivity index (χ3v) is 4.59. The van der Waals surface area contributed by atoms with Gasteiger partial charge in [0, 0.05) is 30.2 Å². The smallest absolute Gasteiger partial charge is 0.322 e. The number of hydrogen-bond acceptors (Lipinski definition) is 1. The third-order valence-electron chi connectivity index (χ3n) is 4.59. The lowest BCUT2D eigenvalue weighted by molar-refractivity contribution is 0.165. The lowest BCUT2D eigenvalue weighted by Crippen LogP contribution is -2.44. The first-order chi connectivity index (χ1) is 11.0. The average molecular weight is 315 g/mol. The molecule has 1 unspecified atom stereocenters. The van der Waals surface area contributed by atoms with Crippen LogP contribution in [0, 0.1) is 19.7 Å². The van der Waals surface area contributed by atoms with Crippen LogP contribution in [0.2, 0.25) is 0 Å². The minimum Gasteiger partial charge on any atom is -0.345 e. The molecule has 2 aromatic rings. The number of aryl methyl sites for hydroxylation is 2.